The molecule has 22 heavy (non-hydrogen) atoms. The monoisotopic (exact) mass is 291 g/mol. The number of carbonyl (C=O) groups is 1. The molecule has 2 N–H and O–H groups in total. The first-order valence-electron chi connectivity index (χ1n) is 7.63. The summed E-state index contributed by atoms with van der Waals surface area (Å²) in [4.78, 5) is 19.8. The van der Waals surface area contributed by atoms with Crippen molar-refractivity contribution >= 4 is 16.8 Å². The minimum absolute atomic E-state index is 0.0427. The third kappa shape index (κ3) is 2.17. The Kier molecular flexibility index (Phi) is 3.15. The van der Waals surface area contributed by atoms with Crippen molar-refractivity contribution in [1.82, 2.24) is 15.3 Å². The molecule has 4 rings (SSSR count). The fourth-order valence-corrected chi connectivity index (χ4v) is 3.30. The molecule has 3 aromatic rings. The van der Waals surface area contributed by atoms with Crippen molar-refractivity contribution in [3.05, 3.63) is 65.6 Å². The minimum atomic E-state index is -0.0427. The summed E-state index contributed by atoms with van der Waals surface area (Å²) in [6.45, 7) is 0. The Morgan fingerprint density at radius 2 is 2.00 bits per heavy atom. The number of pyridine rings is 1. The van der Waals surface area contributed by atoms with Crippen LogP contribution in [-0.4, -0.2) is 15.9 Å². The van der Waals surface area contributed by atoms with Crippen molar-refractivity contribution in [3.8, 4) is 0 Å². The standard InChI is InChI=1S/C18H17N3O/c22-18(12-8-10-19-11-9-12)21-16-7-3-5-14-13-4-1-2-6-15(13)20-17(14)16/h1-2,4,6,8-11,16,20H,3,5,7H2,(H,21,22)/t16-/m0/s1. The topological polar surface area (TPSA) is 57.8 Å². The van der Waals surface area contributed by atoms with Crippen LogP contribution in [0.3, 0.4) is 0 Å². The molecular formula is C18H17N3O. The Balaban J connectivity index is 1.66. The van der Waals surface area contributed by atoms with E-state index in [0.29, 0.717) is 5.56 Å². The smallest absolute Gasteiger partial charge is 0.251 e. The van der Waals surface area contributed by atoms with E-state index < -0.39 is 0 Å². The van der Waals surface area contributed by atoms with Gasteiger partial charge in [0.15, 0.2) is 0 Å². The van der Waals surface area contributed by atoms with Gasteiger partial charge in [0.1, 0.15) is 0 Å². The molecule has 4 heteroatoms. The Labute approximate surface area is 128 Å². The summed E-state index contributed by atoms with van der Waals surface area (Å²) < 4.78 is 0. The molecule has 1 aliphatic carbocycles. The molecule has 1 atom stereocenters. The van der Waals surface area contributed by atoms with E-state index in [1.165, 1.54) is 10.9 Å². The Morgan fingerprint density at radius 1 is 1.18 bits per heavy atom. The highest BCUT2D eigenvalue weighted by Crippen LogP contribution is 2.34. The van der Waals surface area contributed by atoms with E-state index in [0.717, 1.165) is 30.5 Å². The zero-order valence-corrected chi connectivity index (χ0v) is 12.2. The van der Waals surface area contributed by atoms with Crippen molar-refractivity contribution in [1.29, 1.82) is 0 Å². The first-order valence-corrected chi connectivity index (χ1v) is 7.63. The molecule has 0 unspecified atom stereocenters. The van der Waals surface area contributed by atoms with Crippen molar-refractivity contribution in [2.24, 2.45) is 0 Å². The lowest BCUT2D eigenvalue weighted by Gasteiger charge is -2.23. The van der Waals surface area contributed by atoms with Crippen LogP contribution in [0.4, 0.5) is 0 Å². The lowest BCUT2D eigenvalue weighted by molar-refractivity contribution is 0.0932. The summed E-state index contributed by atoms with van der Waals surface area (Å²) in [6, 6.07) is 11.9. The summed E-state index contributed by atoms with van der Waals surface area (Å²) in [5.41, 5.74) is 4.31. The van der Waals surface area contributed by atoms with E-state index in [1.807, 2.05) is 6.07 Å². The van der Waals surface area contributed by atoms with E-state index >= 15 is 0 Å². The van der Waals surface area contributed by atoms with Gasteiger partial charge in [-0.05, 0) is 43.0 Å². The molecule has 2 aromatic heterocycles. The van der Waals surface area contributed by atoms with Crippen LogP contribution < -0.4 is 5.32 Å². The summed E-state index contributed by atoms with van der Waals surface area (Å²) in [7, 11) is 0. The van der Waals surface area contributed by atoms with Crippen LogP contribution in [0.25, 0.3) is 10.9 Å². The Bertz CT molecular complexity index is 823. The summed E-state index contributed by atoms with van der Waals surface area (Å²) in [5, 5.41) is 4.43. The number of hydrogen-bond acceptors (Lipinski definition) is 2. The SMILES string of the molecule is O=C(N[C@H]1CCCc2c1[nH]c1ccccc21)c1ccncc1. The fourth-order valence-electron chi connectivity index (χ4n) is 3.30. The van der Waals surface area contributed by atoms with E-state index in [9.17, 15) is 4.79 Å². The number of carbonyl (C=O) groups excluding carboxylic acids is 1. The average Bonchev–Trinajstić information content (AvgIpc) is 2.95. The van der Waals surface area contributed by atoms with Crippen LogP contribution in [0.2, 0.25) is 0 Å². The van der Waals surface area contributed by atoms with Crippen LogP contribution in [0.1, 0.15) is 40.5 Å². The van der Waals surface area contributed by atoms with Gasteiger partial charge in [-0.2, -0.15) is 0 Å². The van der Waals surface area contributed by atoms with Gasteiger partial charge in [0.05, 0.1) is 6.04 Å². The fraction of sp³-hybridized carbons (Fsp3) is 0.222. The normalized spacial score (nSPS) is 17.2. The number of H-pyrrole nitrogens is 1. The van der Waals surface area contributed by atoms with E-state index in [2.05, 4.69) is 33.5 Å². The number of para-hydroxylation sites is 1. The van der Waals surface area contributed by atoms with Gasteiger partial charge >= 0.3 is 0 Å². The van der Waals surface area contributed by atoms with Crippen LogP contribution >= 0.6 is 0 Å². The number of benzene rings is 1. The second kappa shape index (κ2) is 5.30. The molecule has 0 fully saturated rings. The summed E-state index contributed by atoms with van der Waals surface area (Å²) >= 11 is 0. The van der Waals surface area contributed by atoms with Crippen LogP contribution in [-0.2, 0) is 6.42 Å². The maximum Gasteiger partial charge on any atom is 0.251 e. The van der Waals surface area contributed by atoms with Crippen molar-refractivity contribution in [2.75, 3.05) is 0 Å². The van der Waals surface area contributed by atoms with Gasteiger partial charge in [-0.25, -0.2) is 0 Å². The second-order valence-electron chi connectivity index (χ2n) is 5.72. The number of hydrogen-bond donors (Lipinski definition) is 2. The van der Waals surface area contributed by atoms with Crippen LogP contribution in [0.5, 0.6) is 0 Å². The molecule has 0 saturated heterocycles. The highest BCUT2D eigenvalue weighted by molar-refractivity contribution is 5.94. The number of nitrogens with one attached hydrogen (secondary N) is 2. The predicted octanol–water partition coefficient (Wildman–Crippen LogP) is 3.37. The molecule has 1 aliphatic rings. The molecule has 0 aliphatic heterocycles. The number of aromatic amines is 1. The van der Waals surface area contributed by atoms with Crippen molar-refractivity contribution in [2.45, 2.75) is 25.3 Å². The first kappa shape index (κ1) is 13.1. The van der Waals surface area contributed by atoms with Crippen LogP contribution in [0.15, 0.2) is 48.8 Å². The van der Waals surface area contributed by atoms with Gasteiger partial charge in [0.2, 0.25) is 0 Å². The molecule has 1 aromatic carbocycles. The zero-order valence-electron chi connectivity index (χ0n) is 12.2. The number of fused-ring (bicyclic) bond motifs is 3. The average molecular weight is 291 g/mol. The van der Waals surface area contributed by atoms with E-state index in [4.69, 9.17) is 0 Å². The number of rotatable bonds is 2. The summed E-state index contributed by atoms with van der Waals surface area (Å²) in [6.07, 6.45) is 6.42. The highest BCUT2D eigenvalue weighted by atomic mass is 16.1. The highest BCUT2D eigenvalue weighted by Gasteiger charge is 2.25. The van der Waals surface area contributed by atoms with Gasteiger partial charge in [-0.1, -0.05) is 18.2 Å². The third-order valence-electron chi connectivity index (χ3n) is 4.36. The van der Waals surface area contributed by atoms with Crippen LogP contribution in [0, 0.1) is 0 Å². The molecular weight excluding hydrogens is 274 g/mol. The Morgan fingerprint density at radius 3 is 2.86 bits per heavy atom. The van der Waals surface area contributed by atoms with Gasteiger partial charge < -0.3 is 10.3 Å². The Hall–Kier alpha value is -2.62. The van der Waals surface area contributed by atoms with Gasteiger partial charge in [0, 0.05) is 34.6 Å². The maximum atomic E-state index is 12.4. The lowest BCUT2D eigenvalue weighted by atomic mass is 9.91. The lowest BCUT2D eigenvalue weighted by Crippen LogP contribution is -2.31. The minimum Gasteiger partial charge on any atom is -0.356 e. The molecule has 0 saturated carbocycles. The molecule has 2 heterocycles. The molecule has 1 amide bonds. The van der Waals surface area contributed by atoms with E-state index in [1.54, 1.807) is 24.5 Å². The molecule has 4 nitrogen and oxygen atoms in total. The van der Waals surface area contributed by atoms with Gasteiger partial charge in [-0.15, -0.1) is 0 Å². The largest absolute Gasteiger partial charge is 0.356 e. The first-order chi connectivity index (χ1) is 10.8. The van der Waals surface area contributed by atoms with Gasteiger partial charge in [-0.3, -0.25) is 9.78 Å². The number of nitrogens with zero attached hydrogens (tertiary/aromatic N) is 1. The molecule has 0 radical (unpaired) electrons. The van der Waals surface area contributed by atoms with Crippen molar-refractivity contribution < 1.29 is 4.79 Å². The quantitative estimate of drug-likeness (QED) is 0.760. The third-order valence-corrected chi connectivity index (χ3v) is 4.36. The molecule has 110 valence electrons. The van der Waals surface area contributed by atoms with Gasteiger partial charge in [0.25, 0.3) is 5.91 Å². The number of aromatic nitrogens is 2. The molecule has 0 spiro atoms. The number of amides is 1. The zero-order chi connectivity index (χ0) is 14.9. The molecule has 0 bridgehead atoms. The number of aryl methyl sites for hydroxylation is 1. The second-order valence-corrected chi connectivity index (χ2v) is 5.72. The van der Waals surface area contributed by atoms with E-state index in [-0.39, 0.29) is 11.9 Å². The van der Waals surface area contributed by atoms with Crippen molar-refractivity contribution in [3.63, 3.8) is 0 Å². The predicted molar refractivity (Wildman–Crippen MR) is 85.7 cm³/mol. The summed E-state index contributed by atoms with van der Waals surface area (Å²) in [5.74, 6) is -0.0427. The maximum absolute atomic E-state index is 12.4.